The molecule has 158 valence electrons. The number of nitrogens with one attached hydrogen (secondary N) is 1. The number of piperazine rings is 1. The maximum Gasteiger partial charge on any atom is 0.422 e. The molecule has 29 heavy (non-hydrogen) atoms. The van der Waals surface area contributed by atoms with E-state index in [2.05, 4.69) is 32.2 Å². The van der Waals surface area contributed by atoms with E-state index in [1.54, 1.807) is 28.4 Å². The molecule has 0 atom stereocenters. The number of carbonyl (C=O) groups excluding carboxylic acids is 1. The zero-order valence-corrected chi connectivity index (χ0v) is 17.9. The molecule has 0 spiro atoms. The van der Waals surface area contributed by atoms with Crippen molar-refractivity contribution in [2.75, 3.05) is 32.8 Å². The number of benzene rings is 1. The Balaban J connectivity index is 1.42. The molecule has 1 N–H and O–H groups in total. The third kappa shape index (κ3) is 7.20. The van der Waals surface area contributed by atoms with Gasteiger partial charge in [0.25, 0.3) is 0 Å². The molecule has 0 saturated carbocycles. The molecule has 0 aliphatic carbocycles. The van der Waals surface area contributed by atoms with E-state index >= 15 is 0 Å². The summed E-state index contributed by atoms with van der Waals surface area (Å²) in [5.74, 6) is 0.128. The lowest BCUT2D eigenvalue weighted by Crippen LogP contribution is -2.51. The summed E-state index contributed by atoms with van der Waals surface area (Å²) < 4.78 is 42.6. The minimum absolute atomic E-state index is 0.128. The average molecular weight is 492 g/mol. The number of hydrogen-bond donors (Lipinski definition) is 1. The summed E-state index contributed by atoms with van der Waals surface area (Å²) >= 11 is 5.17. The standard InChI is InChI=1S/C19H21BrF3N3O2S/c20-17-5-4-16(29-17)12-25-6-8-26(9-7-25)18(27)24-11-14-2-1-3-15(10-14)28-13-19(21,22)23/h1-5,10H,6-9,11-13H2,(H,24,27). The van der Waals surface area contributed by atoms with Crippen molar-refractivity contribution in [3.05, 3.63) is 50.6 Å². The van der Waals surface area contributed by atoms with Gasteiger partial charge in [0.2, 0.25) is 0 Å². The Kier molecular flexibility index (Phi) is 7.42. The number of alkyl halides is 3. The molecular weight excluding hydrogens is 471 g/mol. The highest BCUT2D eigenvalue weighted by Gasteiger charge is 2.28. The Bertz CT molecular complexity index is 823. The molecule has 1 fully saturated rings. The summed E-state index contributed by atoms with van der Waals surface area (Å²) in [6.45, 7) is 2.62. The lowest BCUT2D eigenvalue weighted by molar-refractivity contribution is -0.153. The topological polar surface area (TPSA) is 44.8 Å². The minimum Gasteiger partial charge on any atom is -0.484 e. The Labute approximate surface area is 179 Å². The number of amides is 2. The van der Waals surface area contributed by atoms with Gasteiger partial charge in [0.05, 0.1) is 3.79 Å². The maximum atomic E-state index is 12.4. The van der Waals surface area contributed by atoms with E-state index in [1.165, 1.54) is 17.0 Å². The van der Waals surface area contributed by atoms with Crippen molar-refractivity contribution in [3.63, 3.8) is 0 Å². The van der Waals surface area contributed by atoms with E-state index in [1.807, 2.05) is 6.07 Å². The number of hydrogen-bond acceptors (Lipinski definition) is 4. The van der Waals surface area contributed by atoms with Crippen molar-refractivity contribution in [3.8, 4) is 5.75 Å². The summed E-state index contributed by atoms with van der Waals surface area (Å²) in [6.07, 6.45) is -4.38. The van der Waals surface area contributed by atoms with Gasteiger partial charge in [-0.15, -0.1) is 11.3 Å². The van der Waals surface area contributed by atoms with Crippen molar-refractivity contribution >= 4 is 33.3 Å². The molecule has 1 aliphatic heterocycles. The lowest BCUT2D eigenvalue weighted by atomic mass is 10.2. The molecule has 2 aromatic rings. The molecule has 1 saturated heterocycles. The lowest BCUT2D eigenvalue weighted by Gasteiger charge is -2.34. The van der Waals surface area contributed by atoms with Gasteiger partial charge in [0.15, 0.2) is 6.61 Å². The predicted molar refractivity (Wildman–Crippen MR) is 109 cm³/mol. The summed E-state index contributed by atoms with van der Waals surface area (Å²) in [6, 6.07) is 10.3. The van der Waals surface area contributed by atoms with Crippen LogP contribution in [0, 0.1) is 0 Å². The van der Waals surface area contributed by atoms with E-state index in [4.69, 9.17) is 4.74 Å². The monoisotopic (exact) mass is 491 g/mol. The minimum atomic E-state index is -4.38. The van der Waals surface area contributed by atoms with Gasteiger partial charge in [0.1, 0.15) is 5.75 Å². The Hall–Kier alpha value is -1.78. The first kappa shape index (κ1) is 21.9. The van der Waals surface area contributed by atoms with E-state index < -0.39 is 12.8 Å². The highest BCUT2D eigenvalue weighted by Crippen LogP contribution is 2.23. The highest BCUT2D eigenvalue weighted by molar-refractivity contribution is 9.11. The van der Waals surface area contributed by atoms with Crippen LogP contribution in [0.3, 0.4) is 0 Å². The summed E-state index contributed by atoms with van der Waals surface area (Å²) in [5.41, 5.74) is 0.680. The van der Waals surface area contributed by atoms with Crippen molar-refractivity contribution in [1.82, 2.24) is 15.1 Å². The first-order valence-electron chi connectivity index (χ1n) is 9.06. The van der Waals surface area contributed by atoms with Gasteiger partial charge in [-0.2, -0.15) is 13.2 Å². The normalized spacial score (nSPS) is 15.4. The van der Waals surface area contributed by atoms with Gasteiger partial charge >= 0.3 is 12.2 Å². The molecule has 0 radical (unpaired) electrons. The smallest absolute Gasteiger partial charge is 0.422 e. The van der Waals surface area contributed by atoms with Crippen LogP contribution in [0.1, 0.15) is 10.4 Å². The van der Waals surface area contributed by atoms with Gasteiger partial charge < -0.3 is 15.0 Å². The van der Waals surface area contributed by atoms with Gasteiger partial charge in [-0.3, -0.25) is 4.90 Å². The molecule has 2 amide bonds. The van der Waals surface area contributed by atoms with E-state index in [9.17, 15) is 18.0 Å². The Morgan fingerprint density at radius 3 is 2.59 bits per heavy atom. The summed E-state index contributed by atoms with van der Waals surface area (Å²) in [7, 11) is 0. The van der Waals surface area contributed by atoms with Crippen molar-refractivity contribution < 1.29 is 22.7 Å². The van der Waals surface area contributed by atoms with Crippen LogP contribution >= 0.6 is 27.3 Å². The van der Waals surface area contributed by atoms with Crippen LogP contribution in [-0.4, -0.2) is 54.8 Å². The summed E-state index contributed by atoms with van der Waals surface area (Å²) in [4.78, 5) is 17.7. The van der Waals surface area contributed by atoms with Crippen LogP contribution in [-0.2, 0) is 13.1 Å². The zero-order valence-electron chi connectivity index (χ0n) is 15.5. The molecular formula is C19H21BrF3N3O2S. The number of urea groups is 1. The van der Waals surface area contributed by atoms with Crippen molar-refractivity contribution in [2.24, 2.45) is 0 Å². The van der Waals surface area contributed by atoms with E-state index in [-0.39, 0.29) is 18.3 Å². The fraction of sp³-hybridized carbons (Fsp3) is 0.421. The molecule has 1 aliphatic rings. The fourth-order valence-electron chi connectivity index (χ4n) is 2.97. The maximum absolute atomic E-state index is 12.4. The fourth-order valence-corrected chi connectivity index (χ4v) is 4.49. The van der Waals surface area contributed by atoms with E-state index in [0.717, 1.165) is 23.4 Å². The molecule has 0 bridgehead atoms. The Morgan fingerprint density at radius 1 is 1.17 bits per heavy atom. The first-order chi connectivity index (χ1) is 13.8. The highest BCUT2D eigenvalue weighted by atomic mass is 79.9. The second-order valence-electron chi connectivity index (χ2n) is 6.68. The van der Waals surface area contributed by atoms with E-state index in [0.29, 0.717) is 18.7 Å². The zero-order chi connectivity index (χ0) is 20.9. The molecule has 1 aromatic heterocycles. The molecule has 2 heterocycles. The van der Waals surface area contributed by atoms with Crippen molar-refractivity contribution in [1.29, 1.82) is 0 Å². The van der Waals surface area contributed by atoms with Gasteiger partial charge in [-0.05, 0) is 45.8 Å². The molecule has 1 aromatic carbocycles. The van der Waals surface area contributed by atoms with Gasteiger partial charge in [-0.1, -0.05) is 12.1 Å². The second-order valence-corrected chi connectivity index (χ2v) is 9.23. The number of thiophene rings is 1. The first-order valence-corrected chi connectivity index (χ1v) is 10.7. The number of ether oxygens (including phenoxy) is 1. The number of nitrogens with zero attached hydrogens (tertiary/aromatic N) is 2. The predicted octanol–water partition coefficient (Wildman–Crippen LogP) is 4.48. The SMILES string of the molecule is O=C(NCc1cccc(OCC(F)(F)F)c1)N1CCN(Cc2ccc(Br)s2)CC1. The average Bonchev–Trinajstić information content (AvgIpc) is 3.09. The number of halogens is 4. The van der Waals surface area contributed by atoms with Gasteiger partial charge in [-0.25, -0.2) is 4.79 Å². The Morgan fingerprint density at radius 2 is 1.93 bits per heavy atom. The number of carbonyl (C=O) groups is 1. The van der Waals surface area contributed by atoms with Crippen LogP contribution in [0.5, 0.6) is 5.75 Å². The van der Waals surface area contributed by atoms with Crippen molar-refractivity contribution in [2.45, 2.75) is 19.3 Å². The molecule has 0 unspecified atom stereocenters. The number of rotatable bonds is 6. The van der Waals surface area contributed by atoms with Crippen LogP contribution in [0.4, 0.5) is 18.0 Å². The van der Waals surface area contributed by atoms with Gasteiger partial charge in [0, 0.05) is 44.1 Å². The van der Waals surface area contributed by atoms with Crippen LogP contribution < -0.4 is 10.1 Å². The third-order valence-electron chi connectivity index (χ3n) is 4.41. The second kappa shape index (κ2) is 9.82. The van der Waals surface area contributed by atoms with Crippen LogP contribution in [0.2, 0.25) is 0 Å². The quantitative estimate of drug-likeness (QED) is 0.647. The molecule has 3 rings (SSSR count). The third-order valence-corrected chi connectivity index (χ3v) is 6.02. The molecule has 5 nitrogen and oxygen atoms in total. The summed E-state index contributed by atoms with van der Waals surface area (Å²) in [5, 5.41) is 2.82. The van der Waals surface area contributed by atoms with Crippen LogP contribution in [0.25, 0.3) is 0 Å². The largest absolute Gasteiger partial charge is 0.484 e. The molecule has 10 heteroatoms. The van der Waals surface area contributed by atoms with Crippen LogP contribution in [0.15, 0.2) is 40.2 Å².